The summed E-state index contributed by atoms with van der Waals surface area (Å²) in [5, 5.41) is 26.1. The molecule has 0 saturated carbocycles. The van der Waals surface area contributed by atoms with Gasteiger partial charge in [0.1, 0.15) is 24.1 Å². The number of carbonyl (C=O) groups excluding carboxylic acids is 2. The van der Waals surface area contributed by atoms with E-state index in [4.69, 9.17) is 9.47 Å². The summed E-state index contributed by atoms with van der Waals surface area (Å²) in [4.78, 5) is 26.6. The van der Waals surface area contributed by atoms with Gasteiger partial charge in [-0.25, -0.2) is 0 Å². The summed E-state index contributed by atoms with van der Waals surface area (Å²) < 4.78 is 10.8. The number of benzene rings is 2. The SMILES string of the molecule is COc1ccc(CNC(=O)CC2OC(CNC(=O)c3ccc(N(C)C)cc3)C(O)C2O)cc1. The van der Waals surface area contributed by atoms with Gasteiger partial charge in [0.2, 0.25) is 5.91 Å². The number of nitrogens with zero attached hydrogens (tertiary/aromatic N) is 1. The average molecular weight is 458 g/mol. The highest BCUT2D eigenvalue weighted by Crippen LogP contribution is 2.23. The Bertz CT molecular complexity index is 932. The molecule has 0 spiro atoms. The Morgan fingerprint density at radius 3 is 2.21 bits per heavy atom. The predicted molar refractivity (Wildman–Crippen MR) is 123 cm³/mol. The molecule has 1 fully saturated rings. The smallest absolute Gasteiger partial charge is 0.251 e. The van der Waals surface area contributed by atoms with Crippen molar-refractivity contribution in [1.82, 2.24) is 10.6 Å². The zero-order chi connectivity index (χ0) is 24.0. The van der Waals surface area contributed by atoms with Gasteiger partial charge in [0.15, 0.2) is 0 Å². The molecule has 9 nitrogen and oxygen atoms in total. The first-order valence-corrected chi connectivity index (χ1v) is 10.7. The van der Waals surface area contributed by atoms with Crippen molar-refractivity contribution in [1.29, 1.82) is 0 Å². The van der Waals surface area contributed by atoms with E-state index >= 15 is 0 Å². The van der Waals surface area contributed by atoms with Gasteiger partial charge in [-0.05, 0) is 42.0 Å². The van der Waals surface area contributed by atoms with Crippen molar-refractivity contribution in [3.05, 3.63) is 59.7 Å². The van der Waals surface area contributed by atoms with E-state index in [-0.39, 0.29) is 24.8 Å². The van der Waals surface area contributed by atoms with Crippen LogP contribution in [-0.2, 0) is 16.1 Å². The molecule has 3 rings (SSSR count). The number of amides is 2. The lowest BCUT2D eigenvalue weighted by Gasteiger charge is -2.16. The van der Waals surface area contributed by atoms with Gasteiger partial charge >= 0.3 is 0 Å². The van der Waals surface area contributed by atoms with Crippen LogP contribution < -0.4 is 20.3 Å². The summed E-state index contributed by atoms with van der Waals surface area (Å²) in [5.74, 6) is 0.101. The minimum atomic E-state index is -1.22. The topological polar surface area (TPSA) is 120 Å². The zero-order valence-corrected chi connectivity index (χ0v) is 19.0. The van der Waals surface area contributed by atoms with Crippen LogP contribution in [0.3, 0.4) is 0 Å². The molecule has 2 aromatic carbocycles. The molecule has 0 aliphatic carbocycles. The van der Waals surface area contributed by atoms with Crippen LogP contribution >= 0.6 is 0 Å². The third kappa shape index (κ3) is 6.44. The number of rotatable bonds is 9. The van der Waals surface area contributed by atoms with Crippen molar-refractivity contribution in [2.24, 2.45) is 0 Å². The molecule has 9 heteroatoms. The zero-order valence-electron chi connectivity index (χ0n) is 19.0. The number of aliphatic hydroxyl groups excluding tert-OH is 2. The van der Waals surface area contributed by atoms with Crippen molar-refractivity contribution in [2.45, 2.75) is 37.4 Å². The van der Waals surface area contributed by atoms with E-state index in [1.165, 1.54) is 0 Å². The number of hydrogen-bond acceptors (Lipinski definition) is 7. The first kappa shape index (κ1) is 24.5. The van der Waals surface area contributed by atoms with Gasteiger partial charge in [-0.2, -0.15) is 0 Å². The third-order valence-electron chi connectivity index (χ3n) is 5.61. The maximum Gasteiger partial charge on any atom is 0.251 e. The highest BCUT2D eigenvalue weighted by atomic mass is 16.5. The molecule has 0 bridgehead atoms. The molecular weight excluding hydrogens is 426 g/mol. The molecule has 2 amide bonds. The third-order valence-corrected chi connectivity index (χ3v) is 5.61. The first-order valence-electron chi connectivity index (χ1n) is 10.7. The summed E-state index contributed by atoms with van der Waals surface area (Å²) in [6.45, 7) is 0.330. The highest BCUT2D eigenvalue weighted by Gasteiger charge is 2.43. The lowest BCUT2D eigenvalue weighted by Crippen LogP contribution is -2.40. The maximum atomic E-state index is 12.4. The lowest BCUT2D eigenvalue weighted by atomic mass is 10.1. The molecule has 33 heavy (non-hydrogen) atoms. The molecule has 1 aliphatic rings. The fourth-order valence-electron chi connectivity index (χ4n) is 3.57. The van der Waals surface area contributed by atoms with Crippen molar-refractivity contribution < 1.29 is 29.3 Å². The average Bonchev–Trinajstić information content (AvgIpc) is 3.09. The monoisotopic (exact) mass is 457 g/mol. The van der Waals surface area contributed by atoms with Crippen LogP contribution in [-0.4, -0.2) is 74.2 Å². The van der Waals surface area contributed by atoms with Crippen LogP contribution in [0.1, 0.15) is 22.3 Å². The molecule has 4 unspecified atom stereocenters. The Morgan fingerprint density at radius 1 is 0.970 bits per heavy atom. The van der Waals surface area contributed by atoms with Crippen molar-refractivity contribution in [3.63, 3.8) is 0 Å². The standard InChI is InChI=1S/C24H31N3O6/c1-27(2)17-8-6-16(7-9-17)24(31)26-14-20-23(30)22(29)19(33-20)12-21(28)25-13-15-4-10-18(32-3)11-5-15/h4-11,19-20,22-23,29-30H,12-14H2,1-3H3,(H,25,28)(H,26,31). The number of anilines is 1. The van der Waals surface area contributed by atoms with Gasteiger partial charge in [-0.3, -0.25) is 9.59 Å². The van der Waals surface area contributed by atoms with E-state index in [2.05, 4.69) is 10.6 Å². The Hall–Kier alpha value is -3.14. The Balaban J connectivity index is 1.46. The van der Waals surface area contributed by atoms with E-state index in [9.17, 15) is 19.8 Å². The Kier molecular flexibility index (Phi) is 8.26. The molecule has 1 saturated heterocycles. The quantitative estimate of drug-likeness (QED) is 0.437. The highest BCUT2D eigenvalue weighted by molar-refractivity contribution is 5.94. The Labute approximate surface area is 193 Å². The second kappa shape index (κ2) is 11.1. The van der Waals surface area contributed by atoms with E-state index in [0.717, 1.165) is 17.0 Å². The maximum absolute atomic E-state index is 12.4. The molecular formula is C24H31N3O6. The molecule has 1 heterocycles. The van der Waals surface area contributed by atoms with Crippen LogP contribution in [0.15, 0.2) is 48.5 Å². The van der Waals surface area contributed by atoms with Crippen molar-refractivity contribution in [2.75, 3.05) is 32.6 Å². The molecule has 178 valence electrons. The Morgan fingerprint density at radius 2 is 1.61 bits per heavy atom. The number of nitrogens with one attached hydrogen (secondary N) is 2. The molecule has 2 aromatic rings. The number of hydrogen-bond donors (Lipinski definition) is 4. The molecule has 4 atom stereocenters. The van der Waals surface area contributed by atoms with Gasteiger partial charge in [0, 0.05) is 38.4 Å². The second-order valence-corrected chi connectivity index (χ2v) is 8.17. The predicted octanol–water partition coefficient (Wildman–Crippen LogP) is 0.687. The van der Waals surface area contributed by atoms with Crippen LogP contribution in [0.5, 0.6) is 5.75 Å². The second-order valence-electron chi connectivity index (χ2n) is 8.17. The number of methoxy groups -OCH3 is 1. The van der Waals surface area contributed by atoms with Crippen LogP contribution in [0.2, 0.25) is 0 Å². The van der Waals surface area contributed by atoms with Gasteiger partial charge in [-0.15, -0.1) is 0 Å². The van der Waals surface area contributed by atoms with Gasteiger partial charge < -0.3 is 35.2 Å². The normalized spacial score (nSPS) is 22.0. The van der Waals surface area contributed by atoms with E-state index in [1.54, 1.807) is 31.4 Å². The molecule has 0 aromatic heterocycles. The summed E-state index contributed by atoms with van der Waals surface area (Å²) in [5.41, 5.74) is 2.34. The molecule has 0 radical (unpaired) electrons. The van der Waals surface area contributed by atoms with E-state index < -0.39 is 24.4 Å². The van der Waals surface area contributed by atoms with Gasteiger partial charge in [-0.1, -0.05) is 12.1 Å². The van der Waals surface area contributed by atoms with Crippen molar-refractivity contribution >= 4 is 17.5 Å². The largest absolute Gasteiger partial charge is 0.497 e. The fraction of sp³-hybridized carbons (Fsp3) is 0.417. The summed E-state index contributed by atoms with van der Waals surface area (Å²) in [6.07, 6.45) is -4.22. The van der Waals surface area contributed by atoms with E-state index in [0.29, 0.717) is 12.1 Å². The van der Waals surface area contributed by atoms with Crippen LogP contribution in [0, 0.1) is 0 Å². The van der Waals surface area contributed by atoms with Crippen molar-refractivity contribution in [3.8, 4) is 5.75 Å². The lowest BCUT2D eigenvalue weighted by molar-refractivity contribution is -0.125. The van der Waals surface area contributed by atoms with Gasteiger partial charge in [0.25, 0.3) is 5.91 Å². The summed E-state index contributed by atoms with van der Waals surface area (Å²) in [7, 11) is 5.41. The molecule has 1 aliphatic heterocycles. The summed E-state index contributed by atoms with van der Waals surface area (Å²) in [6, 6.07) is 14.4. The van der Waals surface area contributed by atoms with Gasteiger partial charge in [0.05, 0.1) is 19.6 Å². The first-order chi connectivity index (χ1) is 15.8. The number of carbonyl (C=O) groups is 2. The fourth-order valence-corrected chi connectivity index (χ4v) is 3.57. The van der Waals surface area contributed by atoms with E-state index in [1.807, 2.05) is 43.3 Å². The minimum Gasteiger partial charge on any atom is -0.497 e. The number of ether oxygens (including phenoxy) is 2. The van der Waals surface area contributed by atoms with Crippen LogP contribution in [0.4, 0.5) is 5.69 Å². The minimum absolute atomic E-state index is 0.0104. The molecule has 4 N–H and O–H groups in total. The van der Waals surface area contributed by atoms with Crippen LogP contribution in [0.25, 0.3) is 0 Å². The summed E-state index contributed by atoms with van der Waals surface area (Å²) >= 11 is 0. The number of aliphatic hydroxyl groups is 2.